The molecular weight excluding hydrogens is 648 g/mol. The Kier molecular flexibility index (Phi) is 13.4. The van der Waals surface area contributed by atoms with Crippen molar-refractivity contribution in [2.45, 2.75) is 39.2 Å². The molecule has 262 valence electrons. The molecule has 10 heteroatoms. The number of rotatable bonds is 18. The first kappa shape index (κ1) is 36.4. The van der Waals surface area contributed by atoms with Crippen LogP contribution in [0.15, 0.2) is 114 Å². The molecule has 0 saturated carbocycles. The summed E-state index contributed by atoms with van der Waals surface area (Å²) in [5.41, 5.74) is 2.59. The van der Waals surface area contributed by atoms with E-state index in [2.05, 4.69) is 16.8 Å². The van der Waals surface area contributed by atoms with E-state index in [1.807, 2.05) is 67.6 Å². The van der Waals surface area contributed by atoms with Gasteiger partial charge in [-0.3, -0.25) is 0 Å². The predicted molar refractivity (Wildman–Crippen MR) is 198 cm³/mol. The minimum atomic E-state index is -0.541. The van der Waals surface area contributed by atoms with E-state index < -0.39 is 11.9 Å². The fraction of sp³-hybridized carbons (Fsp3) is 0.220. The topological polar surface area (TPSA) is 125 Å². The second-order valence-electron chi connectivity index (χ2n) is 11.5. The van der Waals surface area contributed by atoms with Gasteiger partial charge in [0.15, 0.2) is 5.75 Å². The van der Waals surface area contributed by atoms with Gasteiger partial charge in [0.05, 0.1) is 44.4 Å². The SMILES string of the molecule is C=CC(=O)OCCCCCCOc1ccc(C(=O)Oc2ccc3cc(C=NN=Cc4ccc5cc(OOCC)ccc5c4)ccc3c2)cc1CO. The third-order valence-corrected chi connectivity index (χ3v) is 7.81. The summed E-state index contributed by atoms with van der Waals surface area (Å²) in [6.07, 6.45) is 7.90. The molecule has 5 rings (SSSR count). The number of esters is 2. The van der Waals surface area contributed by atoms with E-state index in [0.29, 0.717) is 48.2 Å². The van der Waals surface area contributed by atoms with E-state index in [9.17, 15) is 14.7 Å². The van der Waals surface area contributed by atoms with Crippen LogP contribution < -0.4 is 14.4 Å². The van der Waals surface area contributed by atoms with Crippen molar-refractivity contribution in [1.82, 2.24) is 0 Å². The molecule has 0 aromatic heterocycles. The Hall–Kier alpha value is -5.84. The van der Waals surface area contributed by atoms with Gasteiger partial charge in [-0.2, -0.15) is 15.1 Å². The van der Waals surface area contributed by atoms with Gasteiger partial charge in [-0.05, 0) is 120 Å². The molecular formula is C41H40N2O8. The van der Waals surface area contributed by atoms with Gasteiger partial charge >= 0.3 is 11.9 Å². The standard InChI is InChI=1S/C41H40N2O8/c1-3-40(45)48-20-8-6-5-7-19-47-39-18-15-35(23-36(39)28-44)41(46)50-37-16-13-31-21-29(9-11-33(31)24-37)26-42-43-27-30-10-12-34-25-38(51-49-4-2)17-14-32(34)22-30/h3,9-18,21-27,44H,1,4-8,19-20,28H2,2H3. The number of hydrogen-bond donors (Lipinski definition) is 1. The first-order valence-electron chi connectivity index (χ1n) is 16.8. The molecule has 0 radical (unpaired) electrons. The van der Waals surface area contributed by atoms with Gasteiger partial charge in [0, 0.05) is 11.6 Å². The highest BCUT2D eigenvalue weighted by Gasteiger charge is 2.13. The first-order chi connectivity index (χ1) is 24.9. The van der Waals surface area contributed by atoms with Crippen molar-refractivity contribution in [3.63, 3.8) is 0 Å². The average Bonchev–Trinajstić information content (AvgIpc) is 3.16. The molecule has 5 aromatic carbocycles. The summed E-state index contributed by atoms with van der Waals surface area (Å²) in [4.78, 5) is 34.3. The monoisotopic (exact) mass is 688 g/mol. The lowest BCUT2D eigenvalue weighted by molar-refractivity contribution is -0.202. The fourth-order valence-electron chi connectivity index (χ4n) is 5.20. The first-order valence-corrected chi connectivity index (χ1v) is 16.8. The zero-order valence-corrected chi connectivity index (χ0v) is 28.5. The van der Waals surface area contributed by atoms with Crippen LogP contribution in [-0.2, 0) is 21.0 Å². The third kappa shape index (κ3) is 10.8. The Balaban J connectivity index is 1.11. The lowest BCUT2D eigenvalue weighted by Gasteiger charge is -2.12. The molecule has 0 saturated heterocycles. The van der Waals surface area contributed by atoms with Crippen molar-refractivity contribution in [1.29, 1.82) is 0 Å². The van der Waals surface area contributed by atoms with Gasteiger partial charge in [0.2, 0.25) is 0 Å². The Bertz CT molecular complexity index is 2040. The van der Waals surface area contributed by atoms with Crippen LogP contribution in [0.25, 0.3) is 21.5 Å². The largest absolute Gasteiger partial charge is 0.493 e. The van der Waals surface area contributed by atoms with Gasteiger partial charge in [-0.1, -0.05) is 43.0 Å². The molecule has 0 aliphatic heterocycles. The summed E-state index contributed by atoms with van der Waals surface area (Å²) in [7, 11) is 0. The number of nitrogens with zero attached hydrogens (tertiary/aromatic N) is 2. The van der Waals surface area contributed by atoms with Crippen LogP contribution in [0.4, 0.5) is 0 Å². The number of ether oxygens (including phenoxy) is 3. The smallest absolute Gasteiger partial charge is 0.343 e. The highest BCUT2D eigenvalue weighted by atomic mass is 17.2. The van der Waals surface area contributed by atoms with Crippen LogP contribution in [0.3, 0.4) is 0 Å². The van der Waals surface area contributed by atoms with Crippen LogP contribution in [0.2, 0.25) is 0 Å². The van der Waals surface area contributed by atoms with Crippen molar-refractivity contribution in [2.24, 2.45) is 10.2 Å². The summed E-state index contributed by atoms with van der Waals surface area (Å²) in [5.74, 6) is 0.610. The van der Waals surface area contributed by atoms with Gasteiger partial charge in [-0.25, -0.2) is 9.59 Å². The maximum absolute atomic E-state index is 13.0. The predicted octanol–water partition coefficient (Wildman–Crippen LogP) is 8.16. The highest BCUT2D eigenvalue weighted by Crippen LogP contribution is 2.26. The molecule has 10 nitrogen and oxygen atoms in total. The van der Waals surface area contributed by atoms with E-state index in [1.165, 1.54) is 0 Å². The summed E-state index contributed by atoms with van der Waals surface area (Å²) in [5, 5.41) is 22.3. The zero-order valence-electron chi connectivity index (χ0n) is 28.5. The number of unbranched alkanes of at least 4 members (excludes halogenated alkanes) is 3. The van der Waals surface area contributed by atoms with Gasteiger partial charge in [0.1, 0.15) is 11.5 Å². The molecule has 0 amide bonds. The molecule has 0 aliphatic rings. The molecule has 0 atom stereocenters. The molecule has 0 spiro atoms. The molecule has 0 unspecified atom stereocenters. The van der Waals surface area contributed by atoms with E-state index in [0.717, 1.165) is 64.4 Å². The van der Waals surface area contributed by atoms with Crippen molar-refractivity contribution >= 4 is 45.9 Å². The number of hydrogen-bond acceptors (Lipinski definition) is 10. The molecule has 0 heterocycles. The van der Waals surface area contributed by atoms with Crippen molar-refractivity contribution in [2.75, 3.05) is 19.8 Å². The Morgan fingerprint density at radius 2 is 1.33 bits per heavy atom. The highest BCUT2D eigenvalue weighted by molar-refractivity contribution is 5.95. The normalized spacial score (nSPS) is 11.3. The van der Waals surface area contributed by atoms with Gasteiger partial charge < -0.3 is 24.2 Å². The number of carbonyl (C=O) groups is 2. The van der Waals surface area contributed by atoms with Gasteiger partial charge in [0.25, 0.3) is 0 Å². The fourth-order valence-corrected chi connectivity index (χ4v) is 5.20. The summed E-state index contributed by atoms with van der Waals surface area (Å²) in [6.45, 7) is 6.25. The maximum Gasteiger partial charge on any atom is 0.343 e. The van der Waals surface area contributed by atoms with Crippen molar-refractivity contribution < 1.29 is 38.7 Å². The Morgan fingerprint density at radius 1 is 0.725 bits per heavy atom. The molecule has 1 N–H and O–H groups in total. The average molecular weight is 689 g/mol. The number of carbonyl (C=O) groups excluding carboxylic acids is 2. The third-order valence-electron chi connectivity index (χ3n) is 7.81. The van der Waals surface area contributed by atoms with E-state index >= 15 is 0 Å². The second-order valence-corrected chi connectivity index (χ2v) is 11.5. The van der Waals surface area contributed by atoms with Crippen LogP contribution in [-0.4, -0.2) is 49.3 Å². The molecule has 0 fully saturated rings. The molecule has 0 aliphatic carbocycles. The van der Waals surface area contributed by atoms with Gasteiger partial charge in [-0.15, -0.1) is 0 Å². The summed E-state index contributed by atoms with van der Waals surface area (Å²) < 4.78 is 16.5. The number of aliphatic hydroxyl groups excluding tert-OH is 1. The van der Waals surface area contributed by atoms with Crippen molar-refractivity contribution in [3.05, 3.63) is 126 Å². The molecule has 0 bridgehead atoms. The van der Waals surface area contributed by atoms with E-state index in [1.54, 1.807) is 42.8 Å². The number of fused-ring (bicyclic) bond motifs is 2. The second kappa shape index (κ2) is 18.8. The van der Waals surface area contributed by atoms with E-state index in [4.69, 9.17) is 24.0 Å². The lowest BCUT2D eigenvalue weighted by Crippen LogP contribution is -2.10. The quantitative estimate of drug-likeness (QED) is 0.0186. The van der Waals surface area contributed by atoms with Crippen LogP contribution >= 0.6 is 0 Å². The lowest BCUT2D eigenvalue weighted by atomic mass is 10.1. The molecule has 5 aromatic rings. The minimum Gasteiger partial charge on any atom is -0.493 e. The van der Waals surface area contributed by atoms with Crippen LogP contribution in [0.1, 0.15) is 59.7 Å². The maximum atomic E-state index is 13.0. The van der Waals surface area contributed by atoms with Crippen LogP contribution in [0.5, 0.6) is 17.2 Å². The Morgan fingerprint density at radius 3 is 1.98 bits per heavy atom. The Labute approximate surface area is 296 Å². The minimum absolute atomic E-state index is 0.284. The number of aliphatic hydroxyl groups is 1. The van der Waals surface area contributed by atoms with E-state index in [-0.39, 0.29) is 6.61 Å². The summed E-state index contributed by atoms with van der Waals surface area (Å²) in [6, 6.07) is 27.8. The number of benzene rings is 5. The molecule has 51 heavy (non-hydrogen) atoms. The van der Waals surface area contributed by atoms with Crippen LogP contribution in [0, 0.1) is 0 Å². The zero-order chi connectivity index (χ0) is 35.8. The van der Waals surface area contributed by atoms with Crippen molar-refractivity contribution in [3.8, 4) is 17.2 Å². The summed E-state index contributed by atoms with van der Waals surface area (Å²) >= 11 is 0.